The number of carbonyl (C=O) groups excluding carboxylic acids is 2. The highest BCUT2D eigenvalue weighted by atomic mass is 16.5. The van der Waals surface area contributed by atoms with Crippen LogP contribution in [0.3, 0.4) is 0 Å². The Morgan fingerprint density at radius 3 is 2.08 bits per heavy atom. The molecule has 0 radical (unpaired) electrons. The highest BCUT2D eigenvalue weighted by Gasteiger charge is 2.22. The molecule has 0 saturated carbocycles. The number of hydrogen-bond acceptors (Lipinski definition) is 4. The molecule has 26 heavy (non-hydrogen) atoms. The van der Waals surface area contributed by atoms with E-state index in [9.17, 15) is 9.59 Å². The highest BCUT2D eigenvalue weighted by Crippen LogP contribution is 2.32. The number of rotatable bonds is 5. The minimum Gasteiger partial charge on any atom is -0.465 e. The smallest absolute Gasteiger partial charge is 0.325 e. The summed E-state index contributed by atoms with van der Waals surface area (Å²) in [6.45, 7) is 3.71. The van der Waals surface area contributed by atoms with E-state index in [4.69, 9.17) is 4.74 Å². The van der Waals surface area contributed by atoms with E-state index in [0.717, 1.165) is 0 Å². The third-order valence-corrected chi connectivity index (χ3v) is 4.57. The molecule has 0 spiro atoms. The number of benzene rings is 2. The molecule has 136 valence electrons. The van der Waals surface area contributed by atoms with Crippen LogP contribution in [0.15, 0.2) is 48.5 Å². The van der Waals surface area contributed by atoms with Gasteiger partial charge in [0.25, 0.3) is 0 Å². The fourth-order valence-electron chi connectivity index (χ4n) is 3.29. The average Bonchev–Trinajstić information content (AvgIpc) is 2.78. The molecule has 1 aliphatic rings. The van der Waals surface area contributed by atoms with Gasteiger partial charge in [-0.3, -0.25) is 14.5 Å². The first-order valence-corrected chi connectivity index (χ1v) is 8.86. The molecule has 0 bridgehead atoms. The summed E-state index contributed by atoms with van der Waals surface area (Å²) in [6, 6.07) is 16.6. The van der Waals surface area contributed by atoms with E-state index >= 15 is 0 Å². The minimum absolute atomic E-state index is 0.0202. The Bertz CT molecular complexity index is 756. The predicted octanol–water partition coefficient (Wildman–Crippen LogP) is 2.69. The van der Waals surface area contributed by atoms with Gasteiger partial charge < -0.3 is 9.64 Å². The van der Waals surface area contributed by atoms with Crippen LogP contribution in [0.1, 0.15) is 18.1 Å². The van der Waals surface area contributed by atoms with Crippen molar-refractivity contribution in [2.75, 3.05) is 26.7 Å². The molecule has 0 aromatic heterocycles. The lowest BCUT2D eigenvalue weighted by Crippen LogP contribution is -2.40. The molecule has 0 fully saturated rings. The van der Waals surface area contributed by atoms with Gasteiger partial charge in [0.05, 0.1) is 13.2 Å². The lowest BCUT2D eigenvalue weighted by Gasteiger charge is -2.24. The molecule has 2 aromatic carbocycles. The van der Waals surface area contributed by atoms with Gasteiger partial charge >= 0.3 is 5.97 Å². The minimum atomic E-state index is -0.380. The molecule has 0 unspecified atom stereocenters. The standard InChI is InChI=1S/C21H24N2O3/c1-3-26-21(25)15-22(2)20(24)14-23-12-16-8-4-6-10-18(16)19-11-7-5-9-17(19)13-23/h4-11H,3,12-15H2,1-2H3. The van der Waals surface area contributed by atoms with Gasteiger partial charge in [0.15, 0.2) is 0 Å². The number of likely N-dealkylation sites (N-methyl/N-ethyl adjacent to an activating group) is 1. The van der Waals surface area contributed by atoms with Crippen molar-refractivity contribution in [2.45, 2.75) is 20.0 Å². The van der Waals surface area contributed by atoms with Crippen molar-refractivity contribution in [1.29, 1.82) is 0 Å². The lowest BCUT2D eigenvalue weighted by atomic mass is 9.97. The van der Waals surface area contributed by atoms with Gasteiger partial charge in [-0.2, -0.15) is 0 Å². The molecule has 1 aliphatic heterocycles. The molecular formula is C21H24N2O3. The number of amides is 1. The van der Waals surface area contributed by atoms with E-state index in [1.165, 1.54) is 27.2 Å². The summed E-state index contributed by atoms with van der Waals surface area (Å²) in [7, 11) is 1.64. The topological polar surface area (TPSA) is 49.9 Å². The Balaban J connectivity index is 1.76. The van der Waals surface area contributed by atoms with Crippen molar-refractivity contribution in [3.8, 4) is 11.1 Å². The van der Waals surface area contributed by atoms with Gasteiger partial charge in [-0.25, -0.2) is 0 Å². The summed E-state index contributed by atoms with van der Waals surface area (Å²) in [4.78, 5) is 27.7. The molecule has 1 heterocycles. The molecule has 5 heteroatoms. The van der Waals surface area contributed by atoms with Crippen LogP contribution in [0.5, 0.6) is 0 Å². The van der Waals surface area contributed by atoms with Crippen molar-refractivity contribution in [2.24, 2.45) is 0 Å². The molecule has 0 N–H and O–H groups in total. The van der Waals surface area contributed by atoms with E-state index < -0.39 is 0 Å². The quantitative estimate of drug-likeness (QED) is 0.777. The Morgan fingerprint density at radius 2 is 1.54 bits per heavy atom. The molecule has 0 aliphatic carbocycles. The second kappa shape index (κ2) is 8.15. The van der Waals surface area contributed by atoms with Crippen molar-refractivity contribution in [1.82, 2.24) is 9.80 Å². The number of fused-ring (bicyclic) bond motifs is 3. The summed E-state index contributed by atoms with van der Waals surface area (Å²) < 4.78 is 4.92. The zero-order chi connectivity index (χ0) is 18.5. The molecular weight excluding hydrogens is 328 g/mol. The van der Waals surface area contributed by atoms with Crippen LogP contribution >= 0.6 is 0 Å². The Hall–Kier alpha value is -2.66. The maximum absolute atomic E-state index is 12.6. The fraction of sp³-hybridized carbons (Fsp3) is 0.333. The molecule has 5 nitrogen and oxygen atoms in total. The number of esters is 1. The van der Waals surface area contributed by atoms with Crippen LogP contribution in [0.4, 0.5) is 0 Å². The summed E-state index contributed by atoms with van der Waals surface area (Å²) in [5, 5.41) is 0. The Labute approximate surface area is 154 Å². The van der Waals surface area contributed by atoms with E-state index in [-0.39, 0.29) is 25.0 Å². The zero-order valence-electron chi connectivity index (χ0n) is 15.3. The highest BCUT2D eigenvalue weighted by molar-refractivity contribution is 5.83. The van der Waals surface area contributed by atoms with Crippen LogP contribution in [-0.4, -0.2) is 48.4 Å². The molecule has 1 amide bonds. The van der Waals surface area contributed by atoms with Crippen LogP contribution in [0, 0.1) is 0 Å². The first kappa shape index (κ1) is 18.1. The van der Waals surface area contributed by atoms with E-state index in [2.05, 4.69) is 29.2 Å². The fourth-order valence-corrected chi connectivity index (χ4v) is 3.29. The monoisotopic (exact) mass is 352 g/mol. The number of carbonyl (C=O) groups is 2. The first-order chi connectivity index (χ1) is 12.6. The van der Waals surface area contributed by atoms with Gasteiger partial charge in [0.2, 0.25) is 5.91 Å². The van der Waals surface area contributed by atoms with E-state index in [1.807, 2.05) is 24.3 Å². The van der Waals surface area contributed by atoms with Crippen LogP contribution < -0.4 is 0 Å². The Kier molecular flexibility index (Phi) is 5.68. The van der Waals surface area contributed by atoms with Gasteiger partial charge in [0.1, 0.15) is 6.54 Å². The van der Waals surface area contributed by atoms with Crippen molar-refractivity contribution >= 4 is 11.9 Å². The number of ether oxygens (including phenoxy) is 1. The van der Waals surface area contributed by atoms with Gasteiger partial charge in [-0.05, 0) is 29.2 Å². The zero-order valence-corrected chi connectivity index (χ0v) is 15.3. The van der Waals surface area contributed by atoms with Crippen LogP contribution in [0.2, 0.25) is 0 Å². The normalized spacial score (nSPS) is 13.3. The molecule has 0 atom stereocenters. The van der Waals surface area contributed by atoms with Gasteiger partial charge in [0, 0.05) is 20.1 Å². The van der Waals surface area contributed by atoms with Crippen molar-refractivity contribution < 1.29 is 14.3 Å². The van der Waals surface area contributed by atoms with Gasteiger partial charge in [-0.15, -0.1) is 0 Å². The maximum Gasteiger partial charge on any atom is 0.325 e. The second-order valence-corrected chi connectivity index (χ2v) is 6.51. The average molecular weight is 352 g/mol. The summed E-state index contributed by atoms with van der Waals surface area (Å²) >= 11 is 0. The SMILES string of the molecule is CCOC(=O)CN(C)C(=O)CN1Cc2ccccc2-c2ccccc2C1. The van der Waals surface area contributed by atoms with E-state index in [1.54, 1.807) is 14.0 Å². The molecule has 2 aromatic rings. The summed E-state index contributed by atoms with van der Waals surface area (Å²) in [5.41, 5.74) is 4.85. The van der Waals surface area contributed by atoms with Gasteiger partial charge in [-0.1, -0.05) is 48.5 Å². The number of hydrogen-bond donors (Lipinski definition) is 0. The van der Waals surface area contributed by atoms with Crippen molar-refractivity contribution in [3.63, 3.8) is 0 Å². The van der Waals surface area contributed by atoms with Crippen LogP contribution in [-0.2, 0) is 27.4 Å². The Morgan fingerprint density at radius 1 is 1.00 bits per heavy atom. The lowest BCUT2D eigenvalue weighted by molar-refractivity contribution is -0.148. The maximum atomic E-state index is 12.6. The second-order valence-electron chi connectivity index (χ2n) is 6.51. The predicted molar refractivity (Wildman–Crippen MR) is 100 cm³/mol. The molecule has 3 rings (SSSR count). The molecule has 0 saturated heterocycles. The first-order valence-electron chi connectivity index (χ1n) is 8.86. The van der Waals surface area contributed by atoms with Crippen molar-refractivity contribution in [3.05, 3.63) is 59.7 Å². The van der Waals surface area contributed by atoms with Crippen LogP contribution in [0.25, 0.3) is 11.1 Å². The van der Waals surface area contributed by atoms with E-state index in [0.29, 0.717) is 19.7 Å². The third-order valence-electron chi connectivity index (χ3n) is 4.57. The number of nitrogens with zero attached hydrogens (tertiary/aromatic N) is 2. The largest absolute Gasteiger partial charge is 0.465 e. The summed E-state index contributed by atoms with van der Waals surface area (Å²) in [5.74, 6) is -0.468. The third kappa shape index (κ3) is 4.11. The summed E-state index contributed by atoms with van der Waals surface area (Å²) in [6.07, 6.45) is 0.